The predicted molar refractivity (Wildman–Crippen MR) is 63.6 cm³/mol. The van der Waals surface area contributed by atoms with Crippen LogP contribution in [0.1, 0.15) is 19.4 Å². The van der Waals surface area contributed by atoms with Crippen LogP contribution in [0.15, 0.2) is 18.2 Å². The fourth-order valence-corrected chi connectivity index (χ4v) is 2.01. The second-order valence-electron chi connectivity index (χ2n) is 4.26. The summed E-state index contributed by atoms with van der Waals surface area (Å²) in [6, 6.07) is 5.04. The lowest BCUT2D eigenvalue weighted by Crippen LogP contribution is -2.42. The minimum atomic E-state index is -1.42. The first-order valence-corrected chi connectivity index (χ1v) is 5.75. The van der Waals surface area contributed by atoms with Crippen molar-refractivity contribution in [1.82, 2.24) is 0 Å². The molecule has 2 atom stereocenters. The van der Waals surface area contributed by atoms with Crippen LogP contribution in [0.25, 0.3) is 0 Å². The number of benzene rings is 1. The third kappa shape index (κ3) is 1.90. The van der Waals surface area contributed by atoms with E-state index in [-0.39, 0.29) is 6.61 Å². The number of fused-ring (bicyclic) bond motifs is 1. The van der Waals surface area contributed by atoms with Gasteiger partial charge in [-0.2, -0.15) is 0 Å². The van der Waals surface area contributed by atoms with Gasteiger partial charge >= 0.3 is 5.97 Å². The summed E-state index contributed by atoms with van der Waals surface area (Å²) in [6.45, 7) is 3.48. The lowest BCUT2D eigenvalue weighted by Gasteiger charge is -2.22. The molecule has 0 bridgehead atoms. The summed E-state index contributed by atoms with van der Waals surface area (Å²) >= 11 is 0. The summed E-state index contributed by atoms with van der Waals surface area (Å²) in [7, 11) is 1.54. The lowest BCUT2D eigenvalue weighted by atomic mass is 9.92. The zero-order valence-corrected chi connectivity index (χ0v) is 10.6. The molecule has 0 fully saturated rings. The van der Waals surface area contributed by atoms with Gasteiger partial charge in [-0.15, -0.1) is 0 Å². The van der Waals surface area contributed by atoms with Gasteiger partial charge in [-0.1, -0.05) is 0 Å². The van der Waals surface area contributed by atoms with Gasteiger partial charge in [-0.3, -0.25) is 0 Å². The van der Waals surface area contributed by atoms with Crippen molar-refractivity contribution >= 4 is 5.97 Å². The number of esters is 1. The van der Waals surface area contributed by atoms with Crippen LogP contribution in [0.2, 0.25) is 0 Å². The van der Waals surface area contributed by atoms with Crippen LogP contribution in [0.4, 0.5) is 0 Å². The maximum absolute atomic E-state index is 11.7. The van der Waals surface area contributed by atoms with E-state index >= 15 is 0 Å². The molecular formula is C13H16O5. The number of rotatable bonds is 3. The molecule has 98 valence electrons. The third-order valence-corrected chi connectivity index (χ3v) is 2.99. The van der Waals surface area contributed by atoms with E-state index in [4.69, 9.17) is 14.2 Å². The average Bonchev–Trinajstić information content (AvgIpc) is 2.61. The number of ether oxygens (including phenoxy) is 3. The molecular weight excluding hydrogens is 236 g/mol. The molecule has 1 heterocycles. The number of hydrogen-bond donors (Lipinski definition) is 1. The van der Waals surface area contributed by atoms with E-state index in [1.54, 1.807) is 25.1 Å². The van der Waals surface area contributed by atoms with Gasteiger partial charge < -0.3 is 19.3 Å². The molecule has 1 aromatic carbocycles. The standard InChI is InChI=1S/C13H16O5/c1-4-17-12(14)11-13(2,15)9-7-8(16-3)5-6-10(9)18-11/h5-7,11,15H,4H2,1-3H3/t11-,13-/m1/s1. The molecule has 1 N–H and O–H groups in total. The summed E-state index contributed by atoms with van der Waals surface area (Å²) in [4.78, 5) is 11.7. The second-order valence-corrected chi connectivity index (χ2v) is 4.26. The molecule has 0 saturated heterocycles. The maximum atomic E-state index is 11.7. The van der Waals surface area contributed by atoms with Crippen LogP contribution < -0.4 is 9.47 Å². The monoisotopic (exact) mass is 252 g/mol. The fourth-order valence-electron chi connectivity index (χ4n) is 2.01. The van der Waals surface area contributed by atoms with Crippen molar-refractivity contribution in [3.8, 4) is 11.5 Å². The summed E-state index contributed by atoms with van der Waals surface area (Å²) in [5.41, 5.74) is -0.893. The number of methoxy groups -OCH3 is 1. The van der Waals surface area contributed by atoms with E-state index in [0.717, 1.165) is 0 Å². The largest absolute Gasteiger partial charge is 0.497 e. The first-order chi connectivity index (χ1) is 8.50. The number of carbonyl (C=O) groups is 1. The summed E-state index contributed by atoms with van der Waals surface area (Å²) in [5.74, 6) is 0.499. The topological polar surface area (TPSA) is 65.0 Å². The first-order valence-electron chi connectivity index (χ1n) is 5.75. The molecule has 0 spiro atoms. The zero-order chi connectivity index (χ0) is 13.3. The van der Waals surface area contributed by atoms with Gasteiger partial charge in [-0.05, 0) is 32.0 Å². The van der Waals surface area contributed by atoms with E-state index in [0.29, 0.717) is 17.1 Å². The van der Waals surface area contributed by atoms with Crippen LogP contribution in [-0.4, -0.2) is 30.9 Å². The summed E-state index contributed by atoms with van der Waals surface area (Å²) < 4.78 is 15.4. The van der Waals surface area contributed by atoms with Crippen molar-refractivity contribution in [3.63, 3.8) is 0 Å². The van der Waals surface area contributed by atoms with Crippen molar-refractivity contribution < 1.29 is 24.1 Å². The highest BCUT2D eigenvalue weighted by Gasteiger charge is 2.49. The van der Waals surface area contributed by atoms with E-state index in [9.17, 15) is 9.90 Å². The molecule has 0 amide bonds. The van der Waals surface area contributed by atoms with Crippen LogP contribution in [0.3, 0.4) is 0 Å². The van der Waals surface area contributed by atoms with Gasteiger partial charge in [0, 0.05) is 5.56 Å². The minimum Gasteiger partial charge on any atom is -0.497 e. The Labute approximate surface area is 105 Å². The molecule has 0 radical (unpaired) electrons. The molecule has 5 nitrogen and oxygen atoms in total. The molecule has 1 aliphatic heterocycles. The smallest absolute Gasteiger partial charge is 0.350 e. The van der Waals surface area contributed by atoms with Gasteiger partial charge in [0.05, 0.1) is 13.7 Å². The second kappa shape index (κ2) is 4.49. The van der Waals surface area contributed by atoms with E-state index in [1.165, 1.54) is 14.0 Å². The Morgan fingerprint density at radius 2 is 2.28 bits per heavy atom. The molecule has 1 aliphatic rings. The highest BCUT2D eigenvalue weighted by Crippen LogP contribution is 2.43. The zero-order valence-electron chi connectivity index (χ0n) is 10.6. The Balaban J connectivity index is 2.35. The molecule has 2 rings (SSSR count). The predicted octanol–water partition coefficient (Wildman–Crippen LogP) is 1.23. The Morgan fingerprint density at radius 3 is 2.89 bits per heavy atom. The van der Waals surface area contributed by atoms with Crippen molar-refractivity contribution in [2.24, 2.45) is 0 Å². The minimum absolute atomic E-state index is 0.244. The molecule has 0 saturated carbocycles. The Kier molecular flexibility index (Phi) is 3.17. The fraction of sp³-hybridized carbons (Fsp3) is 0.462. The summed E-state index contributed by atoms with van der Waals surface area (Å²) in [6.07, 6.45) is -1.04. The van der Waals surface area contributed by atoms with Gasteiger partial charge in [0.15, 0.2) is 0 Å². The molecule has 0 aromatic heterocycles. The molecule has 18 heavy (non-hydrogen) atoms. The quantitative estimate of drug-likeness (QED) is 0.819. The van der Waals surface area contributed by atoms with E-state index in [1.807, 2.05) is 0 Å². The SMILES string of the molecule is CCOC(=O)[C@H]1Oc2ccc(OC)cc2[C@@]1(C)O. The highest BCUT2D eigenvalue weighted by molar-refractivity contribution is 5.79. The highest BCUT2D eigenvalue weighted by atomic mass is 16.6. The number of carbonyl (C=O) groups excluding carboxylic acids is 1. The molecule has 1 aromatic rings. The van der Waals surface area contributed by atoms with Crippen molar-refractivity contribution in [2.75, 3.05) is 13.7 Å². The van der Waals surface area contributed by atoms with Gasteiger partial charge in [-0.25, -0.2) is 4.79 Å². The maximum Gasteiger partial charge on any atom is 0.350 e. The van der Waals surface area contributed by atoms with Crippen molar-refractivity contribution in [2.45, 2.75) is 25.6 Å². The molecule has 0 unspecified atom stereocenters. The lowest BCUT2D eigenvalue weighted by molar-refractivity contribution is -0.161. The van der Waals surface area contributed by atoms with Gasteiger partial charge in [0.25, 0.3) is 0 Å². The molecule has 0 aliphatic carbocycles. The normalized spacial score (nSPS) is 25.2. The van der Waals surface area contributed by atoms with E-state index < -0.39 is 17.7 Å². The molecule has 5 heteroatoms. The number of hydrogen-bond acceptors (Lipinski definition) is 5. The van der Waals surface area contributed by atoms with Gasteiger partial charge in [0.2, 0.25) is 6.10 Å². The van der Waals surface area contributed by atoms with Crippen molar-refractivity contribution in [1.29, 1.82) is 0 Å². The van der Waals surface area contributed by atoms with Crippen LogP contribution >= 0.6 is 0 Å². The van der Waals surface area contributed by atoms with E-state index in [2.05, 4.69) is 0 Å². The third-order valence-electron chi connectivity index (χ3n) is 2.99. The van der Waals surface area contributed by atoms with Crippen LogP contribution in [0, 0.1) is 0 Å². The Bertz CT molecular complexity index is 466. The Hall–Kier alpha value is -1.75. The van der Waals surface area contributed by atoms with Crippen LogP contribution in [-0.2, 0) is 15.1 Å². The Morgan fingerprint density at radius 1 is 1.56 bits per heavy atom. The number of aliphatic hydroxyl groups is 1. The van der Waals surface area contributed by atoms with Crippen molar-refractivity contribution in [3.05, 3.63) is 23.8 Å². The van der Waals surface area contributed by atoms with Gasteiger partial charge in [0.1, 0.15) is 17.1 Å². The first kappa shape index (κ1) is 12.7. The average molecular weight is 252 g/mol. The summed E-state index contributed by atoms with van der Waals surface area (Å²) in [5, 5.41) is 10.4. The van der Waals surface area contributed by atoms with Crippen LogP contribution in [0.5, 0.6) is 11.5 Å².